The molecule has 1 aromatic carbocycles. The van der Waals surface area contributed by atoms with Crippen LogP contribution >= 0.6 is 15.9 Å². The van der Waals surface area contributed by atoms with Gasteiger partial charge >= 0.3 is 0 Å². The maximum atomic E-state index is 13.9. The molecule has 0 atom stereocenters. The van der Waals surface area contributed by atoms with Crippen LogP contribution in [0.5, 0.6) is 0 Å². The average molecular weight is 331 g/mol. The van der Waals surface area contributed by atoms with Crippen molar-refractivity contribution in [1.29, 1.82) is 0 Å². The third-order valence-corrected chi connectivity index (χ3v) is 3.39. The quantitative estimate of drug-likeness (QED) is 0.753. The lowest BCUT2D eigenvalue weighted by Gasteiger charge is -2.26. The molecule has 0 aliphatic carbocycles. The van der Waals surface area contributed by atoms with Crippen LogP contribution in [0.15, 0.2) is 22.7 Å². The van der Waals surface area contributed by atoms with Crippen molar-refractivity contribution in [3.63, 3.8) is 0 Å². The molecule has 0 bridgehead atoms. The summed E-state index contributed by atoms with van der Waals surface area (Å²) in [6.07, 6.45) is 0. The van der Waals surface area contributed by atoms with Crippen molar-refractivity contribution in [1.82, 2.24) is 9.80 Å². The number of hydrogen-bond donors (Lipinski definition) is 0. The molecule has 0 amide bonds. The minimum absolute atomic E-state index is 0.131. The smallest absolute Gasteiger partial charge is 0.128 e. The molecule has 4 heteroatoms. The van der Waals surface area contributed by atoms with Crippen molar-refractivity contribution in [2.45, 2.75) is 20.4 Å². The number of hydrogen-bond acceptors (Lipinski definition) is 2. The fraction of sp³-hybridized carbons (Fsp3) is 0.600. The Morgan fingerprint density at radius 1 is 1.21 bits per heavy atom. The van der Waals surface area contributed by atoms with Crippen molar-refractivity contribution in [3.05, 3.63) is 34.1 Å². The highest BCUT2D eigenvalue weighted by Gasteiger charge is 2.11. The summed E-state index contributed by atoms with van der Waals surface area (Å²) in [6.45, 7) is 8.00. The maximum absolute atomic E-state index is 13.9. The molecule has 108 valence electrons. The van der Waals surface area contributed by atoms with E-state index in [9.17, 15) is 4.39 Å². The van der Waals surface area contributed by atoms with Gasteiger partial charge in [-0.05, 0) is 32.1 Å². The van der Waals surface area contributed by atoms with Gasteiger partial charge in [-0.15, -0.1) is 0 Å². The zero-order chi connectivity index (χ0) is 14.4. The monoisotopic (exact) mass is 330 g/mol. The molecular formula is C15H24BrFN2. The van der Waals surface area contributed by atoms with E-state index in [-0.39, 0.29) is 5.82 Å². The standard InChI is InChI=1S/C15H24BrFN2/c1-12(2)10-19(8-7-18(3)4)11-13-5-6-14(16)9-15(13)17/h5-6,9,12H,7-8,10-11H2,1-4H3. The SMILES string of the molecule is CC(C)CN(CCN(C)C)Cc1ccc(Br)cc1F. The minimum Gasteiger partial charge on any atom is -0.308 e. The van der Waals surface area contributed by atoms with Gasteiger partial charge in [0.15, 0.2) is 0 Å². The lowest BCUT2D eigenvalue weighted by Crippen LogP contribution is -2.34. The Labute approximate surface area is 124 Å². The Morgan fingerprint density at radius 2 is 1.89 bits per heavy atom. The van der Waals surface area contributed by atoms with E-state index >= 15 is 0 Å². The molecule has 0 heterocycles. The van der Waals surface area contributed by atoms with Crippen molar-refractivity contribution >= 4 is 15.9 Å². The predicted molar refractivity (Wildman–Crippen MR) is 82.8 cm³/mol. The summed E-state index contributed by atoms with van der Waals surface area (Å²) < 4.78 is 14.7. The van der Waals surface area contributed by atoms with Crippen LogP contribution in [0.4, 0.5) is 4.39 Å². The van der Waals surface area contributed by atoms with Gasteiger partial charge < -0.3 is 4.90 Å². The summed E-state index contributed by atoms with van der Waals surface area (Å²) in [5.74, 6) is 0.452. The van der Waals surface area contributed by atoms with Gasteiger partial charge in [-0.3, -0.25) is 4.90 Å². The highest BCUT2D eigenvalue weighted by Crippen LogP contribution is 2.17. The van der Waals surface area contributed by atoms with E-state index < -0.39 is 0 Å². The molecule has 0 saturated heterocycles. The summed E-state index contributed by atoms with van der Waals surface area (Å²) in [5.41, 5.74) is 0.766. The molecule has 0 N–H and O–H groups in total. The summed E-state index contributed by atoms with van der Waals surface area (Å²) in [4.78, 5) is 4.47. The van der Waals surface area contributed by atoms with Crippen LogP contribution in [0.25, 0.3) is 0 Å². The molecule has 0 radical (unpaired) electrons. The summed E-state index contributed by atoms with van der Waals surface area (Å²) in [6, 6.07) is 5.30. The van der Waals surface area contributed by atoms with Crippen molar-refractivity contribution < 1.29 is 4.39 Å². The zero-order valence-corrected chi connectivity index (χ0v) is 13.9. The molecule has 0 aliphatic heterocycles. The third-order valence-electron chi connectivity index (χ3n) is 2.90. The van der Waals surface area contributed by atoms with E-state index in [1.807, 2.05) is 12.1 Å². The first-order chi connectivity index (χ1) is 8.88. The van der Waals surface area contributed by atoms with Gasteiger partial charge in [-0.2, -0.15) is 0 Å². The Morgan fingerprint density at radius 3 is 2.42 bits per heavy atom. The lowest BCUT2D eigenvalue weighted by atomic mass is 10.1. The fourth-order valence-corrected chi connectivity index (χ4v) is 2.32. The van der Waals surface area contributed by atoms with E-state index in [1.54, 1.807) is 0 Å². The largest absolute Gasteiger partial charge is 0.308 e. The van der Waals surface area contributed by atoms with E-state index in [0.29, 0.717) is 12.5 Å². The Bertz CT molecular complexity index is 394. The normalized spacial score (nSPS) is 11.8. The molecule has 1 aromatic rings. The minimum atomic E-state index is -0.131. The van der Waals surface area contributed by atoms with Gasteiger partial charge in [-0.1, -0.05) is 35.8 Å². The van der Waals surface area contributed by atoms with Crippen LogP contribution in [0.2, 0.25) is 0 Å². The van der Waals surface area contributed by atoms with E-state index in [1.165, 1.54) is 6.07 Å². The van der Waals surface area contributed by atoms with Crippen molar-refractivity contribution in [3.8, 4) is 0 Å². The van der Waals surface area contributed by atoms with Gasteiger partial charge in [0.1, 0.15) is 5.82 Å². The molecule has 0 saturated carbocycles. The van der Waals surface area contributed by atoms with E-state index in [2.05, 4.69) is 53.7 Å². The van der Waals surface area contributed by atoms with Crippen molar-refractivity contribution in [2.24, 2.45) is 5.92 Å². The number of halogens is 2. The molecule has 1 rings (SSSR count). The summed E-state index contributed by atoms with van der Waals surface area (Å²) in [7, 11) is 4.13. The van der Waals surface area contributed by atoms with Crippen molar-refractivity contribution in [2.75, 3.05) is 33.7 Å². The van der Waals surface area contributed by atoms with Gasteiger partial charge in [0.2, 0.25) is 0 Å². The van der Waals surface area contributed by atoms with Gasteiger partial charge in [0.05, 0.1) is 0 Å². The van der Waals surface area contributed by atoms with Crippen LogP contribution in [-0.4, -0.2) is 43.5 Å². The van der Waals surface area contributed by atoms with Crippen LogP contribution in [0.3, 0.4) is 0 Å². The zero-order valence-electron chi connectivity index (χ0n) is 12.3. The highest BCUT2D eigenvalue weighted by molar-refractivity contribution is 9.10. The van der Waals surface area contributed by atoms with Gasteiger partial charge in [0, 0.05) is 36.2 Å². The summed E-state index contributed by atoms with van der Waals surface area (Å²) >= 11 is 3.29. The summed E-state index contributed by atoms with van der Waals surface area (Å²) in [5, 5.41) is 0. The number of nitrogens with zero attached hydrogens (tertiary/aromatic N) is 2. The predicted octanol–water partition coefficient (Wildman–Crippen LogP) is 3.61. The van der Waals surface area contributed by atoms with Crippen LogP contribution < -0.4 is 0 Å². The van der Waals surface area contributed by atoms with Crippen LogP contribution in [0, 0.1) is 11.7 Å². The van der Waals surface area contributed by atoms with Gasteiger partial charge in [0.25, 0.3) is 0 Å². The first kappa shape index (κ1) is 16.6. The first-order valence-corrected chi connectivity index (χ1v) is 7.48. The second-order valence-corrected chi connectivity index (χ2v) is 6.58. The second-order valence-electron chi connectivity index (χ2n) is 5.67. The first-order valence-electron chi connectivity index (χ1n) is 6.69. The molecule has 2 nitrogen and oxygen atoms in total. The Balaban J connectivity index is 2.69. The van der Waals surface area contributed by atoms with Gasteiger partial charge in [-0.25, -0.2) is 4.39 Å². The van der Waals surface area contributed by atoms with E-state index in [4.69, 9.17) is 0 Å². The topological polar surface area (TPSA) is 6.48 Å². The Kier molecular flexibility index (Phi) is 6.97. The fourth-order valence-electron chi connectivity index (χ4n) is 1.98. The lowest BCUT2D eigenvalue weighted by molar-refractivity contribution is 0.209. The molecule has 0 spiro atoms. The van der Waals surface area contributed by atoms with E-state index in [0.717, 1.165) is 29.7 Å². The Hall–Kier alpha value is -0.450. The molecule has 0 aliphatic rings. The van der Waals surface area contributed by atoms with Crippen LogP contribution in [-0.2, 0) is 6.54 Å². The molecular weight excluding hydrogens is 307 g/mol. The third kappa shape index (κ3) is 6.50. The number of benzene rings is 1. The molecule has 0 fully saturated rings. The molecule has 0 unspecified atom stereocenters. The second kappa shape index (κ2) is 7.98. The molecule has 0 aromatic heterocycles. The average Bonchev–Trinajstić information content (AvgIpc) is 2.28. The maximum Gasteiger partial charge on any atom is 0.128 e. The molecule has 19 heavy (non-hydrogen) atoms. The number of likely N-dealkylation sites (N-methyl/N-ethyl adjacent to an activating group) is 1. The highest BCUT2D eigenvalue weighted by atomic mass is 79.9. The van der Waals surface area contributed by atoms with Crippen LogP contribution in [0.1, 0.15) is 19.4 Å². The number of rotatable bonds is 7.